The van der Waals surface area contributed by atoms with Gasteiger partial charge in [-0.1, -0.05) is 97.5 Å². The van der Waals surface area contributed by atoms with Crippen molar-refractivity contribution < 1.29 is 9.90 Å². The molecule has 0 unspecified atom stereocenters. The summed E-state index contributed by atoms with van der Waals surface area (Å²) >= 11 is 1.45. The molecule has 5 heteroatoms. The first-order valence-corrected chi connectivity index (χ1v) is 11.7. The van der Waals surface area contributed by atoms with Crippen LogP contribution in [0.25, 0.3) is 11.3 Å². The molecule has 0 saturated heterocycles. The molecule has 32 heavy (non-hydrogen) atoms. The van der Waals surface area contributed by atoms with Crippen molar-refractivity contribution in [3.63, 3.8) is 0 Å². The average molecular weight is 443 g/mol. The maximum absolute atomic E-state index is 13.4. The first kappa shape index (κ1) is 21.8. The van der Waals surface area contributed by atoms with E-state index in [1.54, 1.807) is 12.1 Å². The summed E-state index contributed by atoms with van der Waals surface area (Å²) in [4.78, 5) is 21.3. The number of phenolic OH excluding ortho intramolecular Hbond substituents is 1. The van der Waals surface area contributed by atoms with Crippen molar-refractivity contribution in [2.45, 2.75) is 26.3 Å². The maximum atomic E-state index is 13.4. The van der Waals surface area contributed by atoms with Gasteiger partial charge in [0.05, 0.1) is 5.69 Å². The third kappa shape index (κ3) is 5.06. The van der Waals surface area contributed by atoms with Crippen LogP contribution in [-0.4, -0.2) is 22.4 Å². The second-order valence-electron chi connectivity index (χ2n) is 7.68. The number of hydrogen-bond donors (Lipinski definition) is 1. The zero-order chi connectivity index (χ0) is 22.3. The molecule has 3 aromatic carbocycles. The molecule has 4 aromatic rings. The topological polar surface area (TPSA) is 53.4 Å². The van der Waals surface area contributed by atoms with Crippen LogP contribution in [0.4, 0.5) is 5.13 Å². The Bertz CT molecular complexity index is 1160. The highest BCUT2D eigenvalue weighted by Gasteiger charge is 2.23. The van der Waals surface area contributed by atoms with E-state index in [0.29, 0.717) is 17.0 Å². The van der Waals surface area contributed by atoms with Gasteiger partial charge < -0.3 is 10.0 Å². The van der Waals surface area contributed by atoms with Gasteiger partial charge in [-0.05, 0) is 24.1 Å². The zero-order valence-corrected chi connectivity index (χ0v) is 18.9. The maximum Gasteiger partial charge on any atom is 0.205 e. The standard InChI is InChI=1S/C27H26N2O2S/c1-2-3-18-29(19-20-14-16-23(30)17-15-20)27-28-24(21-10-6-4-7-11-21)26(32-27)25(31)22-12-8-5-9-13-22/h4-17,30H,2-3,18-19H2,1H3. The molecule has 0 fully saturated rings. The van der Waals surface area contributed by atoms with Crippen molar-refractivity contribution in [2.24, 2.45) is 0 Å². The highest BCUT2D eigenvalue weighted by molar-refractivity contribution is 7.18. The van der Waals surface area contributed by atoms with Crippen LogP contribution in [0.5, 0.6) is 5.75 Å². The summed E-state index contributed by atoms with van der Waals surface area (Å²) < 4.78 is 0. The van der Waals surface area contributed by atoms with Crippen molar-refractivity contribution in [1.82, 2.24) is 4.98 Å². The molecule has 0 spiro atoms. The van der Waals surface area contributed by atoms with E-state index in [2.05, 4.69) is 11.8 Å². The Balaban J connectivity index is 1.75. The Hall–Kier alpha value is -3.44. The number of benzene rings is 3. The lowest BCUT2D eigenvalue weighted by Gasteiger charge is -2.21. The van der Waals surface area contributed by atoms with Gasteiger partial charge in [0.15, 0.2) is 5.13 Å². The second kappa shape index (κ2) is 10.2. The van der Waals surface area contributed by atoms with Crippen LogP contribution in [0, 0.1) is 0 Å². The first-order chi connectivity index (χ1) is 15.7. The normalized spacial score (nSPS) is 10.8. The SMILES string of the molecule is CCCCN(Cc1ccc(O)cc1)c1nc(-c2ccccc2)c(C(=O)c2ccccc2)s1. The summed E-state index contributed by atoms with van der Waals surface area (Å²) in [6, 6.07) is 26.5. The Labute approximate surface area is 192 Å². The minimum atomic E-state index is -0.00622. The molecule has 1 N–H and O–H groups in total. The van der Waals surface area contributed by atoms with E-state index in [1.165, 1.54) is 11.3 Å². The summed E-state index contributed by atoms with van der Waals surface area (Å²) in [6.45, 7) is 3.68. The average Bonchev–Trinajstić information content (AvgIpc) is 3.29. The minimum Gasteiger partial charge on any atom is -0.508 e. The smallest absolute Gasteiger partial charge is 0.205 e. The van der Waals surface area contributed by atoms with Gasteiger partial charge in [0, 0.05) is 24.2 Å². The molecule has 0 amide bonds. The molecule has 4 nitrogen and oxygen atoms in total. The van der Waals surface area contributed by atoms with Gasteiger partial charge in [-0.2, -0.15) is 0 Å². The Morgan fingerprint density at radius 3 is 2.25 bits per heavy atom. The number of unbranched alkanes of at least 4 members (excludes halogenated alkanes) is 1. The lowest BCUT2D eigenvalue weighted by Crippen LogP contribution is -2.23. The van der Waals surface area contributed by atoms with Crippen LogP contribution < -0.4 is 4.90 Å². The summed E-state index contributed by atoms with van der Waals surface area (Å²) in [5, 5.41) is 10.5. The summed E-state index contributed by atoms with van der Waals surface area (Å²) in [7, 11) is 0. The van der Waals surface area contributed by atoms with Crippen molar-refractivity contribution in [3.8, 4) is 17.0 Å². The molecule has 0 aliphatic rings. The number of hydrogen-bond acceptors (Lipinski definition) is 5. The molecular formula is C27H26N2O2S. The third-order valence-electron chi connectivity index (χ3n) is 5.27. The van der Waals surface area contributed by atoms with Crippen LogP contribution in [-0.2, 0) is 6.54 Å². The molecule has 4 rings (SSSR count). The predicted molar refractivity (Wildman–Crippen MR) is 131 cm³/mol. The fourth-order valence-corrected chi connectivity index (χ4v) is 4.60. The molecule has 0 aliphatic heterocycles. The Morgan fingerprint density at radius 1 is 0.938 bits per heavy atom. The highest BCUT2D eigenvalue weighted by Crippen LogP contribution is 2.35. The predicted octanol–water partition coefficient (Wildman–Crippen LogP) is 6.55. The summed E-state index contributed by atoms with van der Waals surface area (Å²) in [5.41, 5.74) is 3.42. The number of phenols is 1. The van der Waals surface area contributed by atoms with Crippen molar-refractivity contribution in [2.75, 3.05) is 11.4 Å². The van der Waals surface area contributed by atoms with Gasteiger partial charge in [0.2, 0.25) is 5.78 Å². The molecule has 0 bridgehead atoms. The van der Waals surface area contributed by atoms with Gasteiger partial charge in [-0.3, -0.25) is 4.79 Å². The molecule has 1 heterocycles. The van der Waals surface area contributed by atoms with Crippen LogP contribution in [0.15, 0.2) is 84.9 Å². The number of anilines is 1. The van der Waals surface area contributed by atoms with Crippen LogP contribution in [0.2, 0.25) is 0 Å². The number of rotatable bonds is 9. The quantitative estimate of drug-likeness (QED) is 0.299. The van der Waals surface area contributed by atoms with Gasteiger partial charge in [-0.25, -0.2) is 4.98 Å². The molecule has 0 aliphatic carbocycles. The van der Waals surface area contributed by atoms with Crippen molar-refractivity contribution >= 4 is 22.3 Å². The number of carbonyl (C=O) groups is 1. The summed E-state index contributed by atoms with van der Waals surface area (Å²) in [6.07, 6.45) is 2.10. The molecule has 162 valence electrons. The number of ketones is 1. The monoisotopic (exact) mass is 442 g/mol. The molecular weight excluding hydrogens is 416 g/mol. The number of carbonyl (C=O) groups excluding carboxylic acids is 1. The van der Waals surface area contributed by atoms with E-state index in [1.807, 2.05) is 72.8 Å². The zero-order valence-electron chi connectivity index (χ0n) is 18.1. The minimum absolute atomic E-state index is 0.00622. The van der Waals surface area contributed by atoms with E-state index >= 15 is 0 Å². The van der Waals surface area contributed by atoms with E-state index in [9.17, 15) is 9.90 Å². The molecule has 0 saturated carbocycles. The van der Waals surface area contributed by atoms with Crippen molar-refractivity contribution in [1.29, 1.82) is 0 Å². The van der Waals surface area contributed by atoms with Crippen LogP contribution in [0.3, 0.4) is 0 Å². The second-order valence-corrected chi connectivity index (χ2v) is 8.65. The molecule has 0 atom stereocenters. The highest BCUT2D eigenvalue weighted by atomic mass is 32.1. The number of thiazole rings is 1. The first-order valence-electron chi connectivity index (χ1n) is 10.8. The van der Waals surface area contributed by atoms with E-state index < -0.39 is 0 Å². The molecule has 0 radical (unpaired) electrons. The fourth-order valence-electron chi connectivity index (χ4n) is 3.52. The third-order valence-corrected chi connectivity index (χ3v) is 6.38. The van der Waals surface area contributed by atoms with Crippen molar-refractivity contribution in [3.05, 3.63) is 101 Å². The van der Waals surface area contributed by atoms with Gasteiger partial charge in [0.25, 0.3) is 0 Å². The van der Waals surface area contributed by atoms with E-state index in [4.69, 9.17) is 4.98 Å². The van der Waals surface area contributed by atoms with Crippen LogP contribution >= 0.6 is 11.3 Å². The van der Waals surface area contributed by atoms with E-state index in [0.717, 1.165) is 41.3 Å². The van der Waals surface area contributed by atoms with Gasteiger partial charge >= 0.3 is 0 Å². The lowest BCUT2D eigenvalue weighted by molar-refractivity contribution is 0.104. The number of aromatic nitrogens is 1. The number of nitrogens with zero attached hydrogens (tertiary/aromatic N) is 2. The van der Waals surface area contributed by atoms with Gasteiger partial charge in [0.1, 0.15) is 10.6 Å². The van der Waals surface area contributed by atoms with Crippen LogP contribution in [0.1, 0.15) is 40.6 Å². The Kier molecular flexibility index (Phi) is 6.97. The largest absolute Gasteiger partial charge is 0.508 e. The Morgan fingerprint density at radius 2 is 1.59 bits per heavy atom. The molecule has 1 aromatic heterocycles. The lowest BCUT2D eigenvalue weighted by atomic mass is 10.1. The van der Waals surface area contributed by atoms with Gasteiger partial charge in [-0.15, -0.1) is 0 Å². The summed E-state index contributed by atoms with van der Waals surface area (Å²) in [5.74, 6) is 0.249. The fraction of sp³-hybridized carbons (Fsp3) is 0.185. The number of aromatic hydroxyl groups is 1. The van der Waals surface area contributed by atoms with E-state index in [-0.39, 0.29) is 11.5 Å².